The number of nitrogens with one attached hydrogen (secondary N) is 4. The van der Waals surface area contributed by atoms with E-state index in [4.69, 9.17) is 4.98 Å². The molecule has 0 radical (unpaired) electrons. The number of carboxylic acid groups (broad SMARTS) is 1. The minimum absolute atomic E-state index is 0.155. The summed E-state index contributed by atoms with van der Waals surface area (Å²) in [6.45, 7) is 3.73. The van der Waals surface area contributed by atoms with Gasteiger partial charge < -0.3 is 30.6 Å². The van der Waals surface area contributed by atoms with Crippen molar-refractivity contribution >= 4 is 22.8 Å². The number of fused-ring (bicyclic) bond motifs is 3. The van der Waals surface area contributed by atoms with E-state index in [1.54, 1.807) is 0 Å². The van der Waals surface area contributed by atoms with Crippen molar-refractivity contribution in [1.82, 2.24) is 35.5 Å². The van der Waals surface area contributed by atoms with E-state index < -0.39 is 12.1 Å². The van der Waals surface area contributed by atoms with Gasteiger partial charge in [-0.25, -0.2) is 14.8 Å². The number of benzene rings is 3. The maximum absolute atomic E-state index is 13.6. The number of hydrogen-bond acceptors (Lipinski definition) is 5. The highest BCUT2D eigenvalue weighted by Gasteiger charge is 2.56. The Kier molecular flexibility index (Phi) is 6.72. The molecule has 0 bridgehead atoms. The SMILES string of the molecule is CC(C)[C@H](NC(=O)O)C(=O)N1[C@@H]2C[C@@H]2C[C@H]1c1ncc(-c2ccc(-c3ccc4cc(-c5cnc([C@@H]6C[C@H]7C[C@H]7N6)[nH]5)ccc4c3)cc2)[nH]1. The van der Waals surface area contributed by atoms with Crippen molar-refractivity contribution in [2.24, 2.45) is 17.8 Å². The zero-order valence-electron chi connectivity index (χ0n) is 27.0. The average molecular weight is 642 g/mol. The molecular formula is C38H39N7O3. The van der Waals surface area contributed by atoms with Gasteiger partial charge in [-0.2, -0.15) is 0 Å². The van der Waals surface area contributed by atoms with Crippen molar-refractivity contribution in [3.05, 3.63) is 84.7 Å². The van der Waals surface area contributed by atoms with Gasteiger partial charge in [0, 0.05) is 17.6 Å². The Morgan fingerprint density at radius 1 is 0.792 bits per heavy atom. The van der Waals surface area contributed by atoms with Crippen LogP contribution in [0.3, 0.4) is 0 Å². The molecule has 3 aromatic carbocycles. The number of imidazole rings is 2. The number of carbonyl (C=O) groups is 2. The molecule has 5 aromatic rings. The second kappa shape index (κ2) is 11.1. The second-order valence-electron chi connectivity index (χ2n) is 14.5. The lowest BCUT2D eigenvalue weighted by Crippen LogP contribution is -2.51. The molecule has 5 N–H and O–H groups in total. The Morgan fingerprint density at radius 3 is 2.15 bits per heavy atom. The summed E-state index contributed by atoms with van der Waals surface area (Å²) in [5, 5.41) is 17.8. The summed E-state index contributed by atoms with van der Waals surface area (Å²) < 4.78 is 0. The molecule has 2 amide bonds. The summed E-state index contributed by atoms with van der Waals surface area (Å²) in [6, 6.07) is 21.8. The molecule has 2 aliphatic heterocycles. The van der Waals surface area contributed by atoms with Crippen LogP contribution in [-0.4, -0.2) is 60.1 Å². The molecule has 2 aromatic heterocycles. The van der Waals surface area contributed by atoms with Gasteiger partial charge in [-0.1, -0.05) is 62.4 Å². The number of H-pyrrole nitrogens is 2. The molecule has 7 atom stereocenters. The lowest BCUT2D eigenvalue weighted by atomic mass is 9.98. The molecule has 48 heavy (non-hydrogen) atoms. The number of nitrogens with zero attached hydrogens (tertiary/aromatic N) is 3. The van der Waals surface area contributed by atoms with E-state index in [1.807, 2.05) is 31.1 Å². The highest BCUT2D eigenvalue weighted by Crippen LogP contribution is 2.53. The Balaban J connectivity index is 0.904. The summed E-state index contributed by atoms with van der Waals surface area (Å²) >= 11 is 0. The van der Waals surface area contributed by atoms with Gasteiger partial charge in [-0.15, -0.1) is 0 Å². The van der Waals surface area contributed by atoms with Crippen LogP contribution < -0.4 is 10.6 Å². The third kappa shape index (κ3) is 5.15. The van der Waals surface area contributed by atoms with Gasteiger partial charge in [0.2, 0.25) is 5.91 Å². The minimum atomic E-state index is -1.18. The monoisotopic (exact) mass is 641 g/mol. The highest BCUT2D eigenvalue weighted by atomic mass is 16.4. The van der Waals surface area contributed by atoms with Crippen LogP contribution in [0.1, 0.15) is 63.3 Å². The predicted octanol–water partition coefficient (Wildman–Crippen LogP) is 6.66. The molecule has 9 rings (SSSR count). The number of rotatable bonds is 8. The van der Waals surface area contributed by atoms with E-state index in [9.17, 15) is 14.7 Å². The summed E-state index contributed by atoms with van der Waals surface area (Å²) in [5.41, 5.74) is 6.37. The van der Waals surface area contributed by atoms with Gasteiger partial charge in [0.15, 0.2) is 0 Å². The summed E-state index contributed by atoms with van der Waals surface area (Å²) in [4.78, 5) is 43.3. The van der Waals surface area contributed by atoms with E-state index in [0.717, 1.165) is 64.1 Å². The standard InChI is InChI=1S/C38H39N7O3/c1-19(2)34(44-38(47)48)37(46)45-32-15-27(32)16-33(45)36-40-17-30(43-36)21-5-3-20(4-6-21)22-7-8-24-12-25(10-9-23(24)11-22)31-18-39-35(42-31)29-14-26-13-28(26)41-29/h3-12,17-19,26-29,32-34,41,44H,13-16H2,1-2H3,(H,39,42)(H,40,43)(H,47,48)/t26-,27-,28-,29+,32-,33+,34+/m1/s1. The number of hydrogen-bond donors (Lipinski definition) is 5. The van der Waals surface area contributed by atoms with Gasteiger partial charge in [-0.05, 0) is 83.0 Å². The molecule has 0 spiro atoms. The lowest BCUT2D eigenvalue weighted by molar-refractivity contribution is -0.136. The van der Waals surface area contributed by atoms with Crippen molar-refractivity contribution in [3.8, 4) is 33.6 Å². The van der Waals surface area contributed by atoms with Gasteiger partial charge in [0.25, 0.3) is 0 Å². The van der Waals surface area contributed by atoms with Crippen LogP contribution >= 0.6 is 0 Å². The highest BCUT2D eigenvalue weighted by molar-refractivity contribution is 5.91. The van der Waals surface area contributed by atoms with E-state index in [-0.39, 0.29) is 23.9 Å². The number of aromatic amines is 2. The van der Waals surface area contributed by atoms with Crippen molar-refractivity contribution in [1.29, 1.82) is 0 Å². The number of piperidine rings is 2. The topological polar surface area (TPSA) is 139 Å². The number of carbonyl (C=O) groups excluding carboxylic acids is 1. The Bertz CT molecular complexity index is 2040. The Labute approximate surface area is 278 Å². The fraction of sp³-hybridized carbons (Fsp3) is 0.368. The summed E-state index contributed by atoms with van der Waals surface area (Å²) in [5.74, 6) is 2.75. The van der Waals surface area contributed by atoms with Crippen LogP contribution in [0.15, 0.2) is 73.1 Å². The van der Waals surface area contributed by atoms with E-state index >= 15 is 0 Å². The molecule has 4 fully saturated rings. The summed E-state index contributed by atoms with van der Waals surface area (Å²) in [7, 11) is 0. The Hall–Kier alpha value is -4.96. The summed E-state index contributed by atoms with van der Waals surface area (Å²) in [6.07, 6.45) is 6.90. The van der Waals surface area contributed by atoms with Gasteiger partial charge in [0.05, 0.1) is 35.9 Å². The first-order valence-corrected chi connectivity index (χ1v) is 17.1. The van der Waals surface area contributed by atoms with Crippen LogP contribution in [-0.2, 0) is 4.79 Å². The van der Waals surface area contributed by atoms with Crippen molar-refractivity contribution in [2.75, 3.05) is 0 Å². The maximum Gasteiger partial charge on any atom is 0.405 e. The zero-order chi connectivity index (χ0) is 32.7. The molecular weight excluding hydrogens is 602 g/mol. The van der Waals surface area contributed by atoms with Gasteiger partial charge in [-0.3, -0.25) is 4.79 Å². The first-order valence-electron chi connectivity index (χ1n) is 17.1. The third-order valence-electron chi connectivity index (χ3n) is 11.0. The lowest BCUT2D eigenvalue weighted by Gasteiger charge is -2.31. The van der Waals surface area contributed by atoms with Crippen molar-refractivity contribution in [3.63, 3.8) is 0 Å². The molecule has 10 heteroatoms. The second-order valence-corrected chi connectivity index (χ2v) is 14.5. The largest absolute Gasteiger partial charge is 0.465 e. The zero-order valence-corrected chi connectivity index (χ0v) is 27.0. The van der Waals surface area contributed by atoms with Gasteiger partial charge >= 0.3 is 6.09 Å². The molecule has 0 unspecified atom stereocenters. The van der Waals surface area contributed by atoms with Crippen LogP contribution in [0.25, 0.3) is 44.4 Å². The van der Waals surface area contributed by atoms with Gasteiger partial charge in [0.1, 0.15) is 17.7 Å². The normalized spacial score (nSPS) is 26.0. The quantitative estimate of drug-likeness (QED) is 0.128. The van der Waals surface area contributed by atoms with Crippen LogP contribution in [0.5, 0.6) is 0 Å². The number of amides is 2. The molecule has 2 aliphatic carbocycles. The average Bonchev–Trinajstić information content (AvgIpc) is 3.65. The predicted molar refractivity (Wildman–Crippen MR) is 183 cm³/mol. The van der Waals surface area contributed by atoms with Crippen LogP contribution in [0, 0.1) is 17.8 Å². The van der Waals surface area contributed by atoms with Crippen LogP contribution in [0.4, 0.5) is 4.79 Å². The first-order chi connectivity index (χ1) is 23.3. The fourth-order valence-electron chi connectivity index (χ4n) is 8.10. The molecule has 2 saturated heterocycles. The minimum Gasteiger partial charge on any atom is -0.465 e. The van der Waals surface area contributed by atoms with Crippen molar-refractivity contribution < 1.29 is 14.7 Å². The van der Waals surface area contributed by atoms with E-state index in [1.165, 1.54) is 23.6 Å². The molecule has 244 valence electrons. The molecule has 2 saturated carbocycles. The molecule has 4 aliphatic rings. The van der Waals surface area contributed by atoms with Crippen molar-refractivity contribution in [2.45, 2.75) is 69.7 Å². The maximum atomic E-state index is 13.6. The van der Waals surface area contributed by atoms with Crippen LogP contribution in [0.2, 0.25) is 0 Å². The number of likely N-dealkylation sites (tertiary alicyclic amines) is 1. The number of aromatic nitrogens is 4. The molecule has 10 nitrogen and oxygen atoms in total. The smallest absolute Gasteiger partial charge is 0.405 e. The third-order valence-corrected chi connectivity index (χ3v) is 11.0. The van der Waals surface area contributed by atoms with E-state index in [2.05, 4.69) is 86.2 Å². The Morgan fingerprint density at radius 2 is 1.44 bits per heavy atom. The molecule has 4 heterocycles. The van der Waals surface area contributed by atoms with E-state index in [0.29, 0.717) is 18.0 Å². The first kappa shape index (κ1) is 29.2. The fourth-order valence-corrected chi connectivity index (χ4v) is 8.10.